The van der Waals surface area contributed by atoms with Crippen LogP contribution < -0.4 is 5.69 Å². The molecule has 5 heteroatoms. The number of likely N-dealkylation sites (tertiary alicyclic amines) is 1. The van der Waals surface area contributed by atoms with E-state index >= 15 is 0 Å². The number of fused-ring (bicyclic) bond motifs is 1. The Bertz CT molecular complexity index is 896. The molecule has 1 amide bonds. The summed E-state index contributed by atoms with van der Waals surface area (Å²) in [5.41, 5.74) is 4.33. The first kappa shape index (κ1) is 17.5. The predicted molar refractivity (Wildman–Crippen MR) is 102 cm³/mol. The summed E-state index contributed by atoms with van der Waals surface area (Å²) < 4.78 is 3.20. The van der Waals surface area contributed by atoms with Crippen molar-refractivity contribution in [2.24, 2.45) is 5.92 Å². The number of benzene rings is 1. The molecule has 0 radical (unpaired) electrons. The number of aromatic nitrogens is 2. The molecular formula is C20H27N3O2. The third kappa shape index (κ3) is 3.15. The highest BCUT2D eigenvalue weighted by Gasteiger charge is 2.23. The van der Waals surface area contributed by atoms with Crippen LogP contribution in [0.25, 0.3) is 16.7 Å². The van der Waals surface area contributed by atoms with E-state index in [9.17, 15) is 9.59 Å². The average Bonchev–Trinajstić information content (AvgIpc) is 2.80. The van der Waals surface area contributed by atoms with E-state index in [1.807, 2.05) is 37.8 Å². The number of imidazole rings is 1. The van der Waals surface area contributed by atoms with Crippen LogP contribution in [0.15, 0.2) is 23.5 Å². The lowest BCUT2D eigenvalue weighted by Gasteiger charge is -2.30. The maximum atomic E-state index is 12.9. The quantitative estimate of drug-likeness (QED) is 0.861. The molecule has 0 unspecified atom stereocenters. The zero-order valence-electron chi connectivity index (χ0n) is 15.6. The van der Waals surface area contributed by atoms with Gasteiger partial charge in [-0.25, -0.2) is 4.79 Å². The molecular weight excluding hydrogens is 314 g/mol. The molecule has 0 aliphatic carbocycles. The zero-order chi connectivity index (χ0) is 18.3. The fourth-order valence-electron chi connectivity index (χ4n) is 3.52. The molecule has 1 aliphatic rings. The number of piperidine rings is 1. The minimum absolute atomic E-state index is 0.0213. The molecule has 134 valence electrons. The van der Waals surface area contributed by atoms with Gasteiger partial charge < -0.3 is 4.90 Å². The molecule has 1 aromatic heterocycles. The van der Waals surface area contributed by atoms with E-state index in [2.05, 4.69) is 13.5 Å². The monoisotopic (exact) mass is 341 g/mol. The van der Waals surface area contributed by atoms with Gasteiger partial charge in [0.05, 0.1) is 11.0 Å². The van der Waals surface area contributed by atoms with E-state index in [1.165, 1.54) is 0 Å². The summed E-state index contributed by atoms with van der Waals surface area (Å²) in [5.74, 6) is 0.690. The lowest BCUT2D eigenvalue weighted by molar-refractivity contribution is -0.133. The van der Waals surface area contributed by atoms with Crippen molar-refractivity contribution in [1.82, 2.24) is 14.0 Å². The first-order valence-corrected chi connectivity index (χ1v) is 8.95. The largest absolute Gasteiger partial charge is 0.341 e. The standard InChI is InChI=1S/C20H27N3O2/c1-13(2)23-18-11-16(5)15(4)10-17(18)22(20(23)25)12-19(24)21-8-6-14(3)7-9-21/h10-11,14H,1,6-9,12H2,2-5H3. The molecule has 0 spiro atoms. The van der Waals surface area contributed by atoms with Gasteiger partial charge in [0.1, 0.15) is 6.54 Å². The maximum absolute atomic E-state index is 12.9. The van der Waals surface area contributed by atoms with Crippen LogP contribution in [0, 0.1) is 19.8 Å². The molecule has 0 atom stereocenters. The number of amides is 1. The van der Waals surface area contributed by atoms with Gasteiger partial charge in [0.15, 0.2) is 0 Å². The van der Waals surface area contributed by atoms with Crippen LogP contribution in [0.1, 0.15) is 37.8 Å². The van der Waals surface area contributed by atoms with E-state index in [0.29, 0.717) is 11.6 Å². The van der Waals surface area contributed by atoms with Crippen molar-refractivity contribution in [1.29, 1.82) is 0 Å². The van der Waals surface area contributed by atoms with Gasteiger partial charge in [-0.15, -0.1) is 0 Å². The van der Waals surface area contributed by atoms with Gasteiger partial charge in [-0.1, -0.05) is 13.5 Å². The second kappa shape index (κ2) is 6.54. The van der Waals surface area contributed by atoms with E-state index < -0.39 is 0 Å². The first-order chi connectivity index (χ1) is 11.8. The van der Waals surface area contributed by atoms with Crippen LogP contribution in [0.2, 0.25) is 0 Å². The summed E-state index contributed by atoms with van der Waals surface area (Å²) in [6, 6.07) is 4.00. The average molecular weight is 341 g/mol. The summed E-state index contributed by atoms with van der Waals surface area (Å²) in [5, 5.41) is 0. The molecule has 1 saturated heterocycles. The van der Waals surface area contributed by atoms with Crippen LogP contribution in [-0.2, 0) is 11.3 Å². The Morgan fingerprint density at radius 3 is 2.28 bits per heavy atom. The second-order valence-electron chi connectivity index (χ2n) is 7.43. The molecule has 0 saturated carbocycles. The lowest BCUT2D eigenvalue weighted by atomic mass is 9.99. The van der Waals surface area contributed by atoms with E-state index in [0.717, 1.165) is 48.1 Å². The molecule has 0 N–H and O–H groups in total. The summed E-state index contributed by atoms with van der Waals surface area (Å²) in [6.07, 6.45) is 2.07. The van der Waals surface area contributed by atoms with Crippen molar-refractivity contribution in [2.75, 3.05) is 13.1 Å². The maximum Gasteiger partial charge on any atom is 0.333 e. The topological polar surface area (TPSA) is 47.2 Å². The highest BCUT2D eigenvalue weighted by molar-refractivity contribution is 5.84. The summed E-state index contributed by atoms with van der Waals surface area (Å²) in [6.45, 7) is 13.7. The molecule has 1 aliphatic heterocycles. The molecule has 25 heavy (non-hydrogen) atoms. The number of hydrogen-bond acceptors (Lipinski definition) is 2. The number of carbonyl (C=O) groups is 1. The molecule has 3 rings (SSSR count). The van der Waals surface area contributed by atoms with Gasteiger partial charge in [0.2, 0.25) is 5.91 Å². The number of carbonyl (C=O) groups excluding carboxylic acids is 1. The fourth-order valence-corrected chi connectivity index (χ4v) is 3.52. The van der Waals surface area contributed by atoms with E-state index in [4.69, 9.17) is 0 Å². The Morgan fingerprint density at radius 2 is 1.72 bits per heavy atom. The smallest absolute Gasteiger partial charge is 0.333 e. The van der Waals surface area contributed by atoms with Crippen LogP contribution in [0.4, 0.5) is 0 Å². The van der Waals surface area contributed by atoms with Gasteiger partial charge in [0, 0.05) is 18.8 Å². The summed E-state index contributed by atoms with van der Waals surface area (Å²) in [4.78, 5) is 27.5. The highest BCUT2D eigenvalue weighted by Crippen LogP contribution is 2.22. The summed E-state index contributed by atoms with van der Waals surface area (Å²) in [7, 11) is 0. The van der Waals surface area contributed by atoms with E-state index in [-0.39, 0.29) is 18.1 Å². The van der Waals surface area contributed by atoms with Crippen molar-refractivity contribution in [2.45, 2.75) is 47.1 Å². The summed E-state index contributed by atoms with van der Waals surface area (Å²) >= 11 is 0. The van der Waals surface area contributed by atoms with Gasteiger partial charge >= 0.3 is 5.69 Å². The van der Waals surface area contributed by atoms with Gasteiger partial charge in [0.25, 0.3) is 0 Å². The van der Waals surface area contributed by atoms with Gasteiger partial charge in [-0.2, -0.15) is 0 Å². The van der Waals surface area contributed by atoms with Crippen molar-refractivity contribution in [3.63, 3.8) is 0 Å². The molecule has 1 fully saturated rings. The molecule has 1 aromatic carbocycles. The minimum Gasteiger partial charge on any atom is -0.341 e. The molecule has 2 heterocycles. The van der Waals surface area contributed by atoms with Crippen LogP contribution in [0.3, 0.4) is 0 Å². The number of hydrogen-bond donors (Lipinski definition) is 0. The zero-order valence-corrected chi connectivity index (χ0v) is 15.6. The van der Waals surface area contributed by atoms with Crippen molar-refractivity contribution >= 4 is 22.6 Å². The Hall–Kier alpha value is -2.30. The Labute approximate surface area is 148 Å². The van der Waals surface area contributed by atoms with Crippen LogP contribution in [0.5, 0.6) is 0 Å². The number of nitrogens with zero attached hydrogens (tertiary/aromatic N) is 3. The predicted octanol–water partition coefficient (Wildman–Crippen LogP) is 3.17. The van der Waals surface area contributed by atoms with Crippen LogP contribution >= 0.6 is 0 Å². The van der Waals surface area contributed by atoms with Crippen molar-refractivity contribution in [3.8, 4) is 0 Å². The molecule has 0 bridgehead atoms. The highest BCUT2D eigenvalue weighted by atomic mass is 16.2. The normalized spacial score (nSPS) is 15.8. The van der Waals surface area contributed by atoms with Crippen molar-refractivity contribution in [3.05, 3.63) is 40.3 Å². The second-order valence-corrected chi connectivity index (χ2v) is 7.43. The number of allylic oxidation sites excluding steroid dienone is 1. The third-order valence-corrected chi connectivity index (χ3v) is 5.36. The van der Waals surface area contributed by atoms with Gasteiger partial charge in [-0.05, 0) is 62.8 Å². The Morgan fingerprint density at radius 1 is 1.16 bits per heavy atom. The molecule has 2 aromatic rings. The Kier molecular flexibility index (Phi) is 4.58. The first-order valence-electron chi connectivity index (χ1n) is 8.95. The SMILES string of the molecule is C=C(C)n1c(=O)n(CC(=O)N2CCC(C)CC2)c2cc(C)c(C)cc21. The minimum atomic E-state index is -0.189. The lowest BCUT2D eigenvalue weighted by Crippen LogP contribution is -2.41. The van der Waals surface area contributed by atoms with Gasteiger partial charge in [-0.3, -0.25) is 13.9 Å². The van der Waals surface area contributed by atoms with E-state index in [1.54, 1.807) is 9.13 Å². The fraction of sp³-hybridized carbons (Fsp3) is 0.500. The third-order valence-electron chi connectivity index (χ3n) is 5.36. The van der Waals surface area contributed by atoms with Crippen molar-refractivity contribution < 1.29 is 4.79 Å². The number of rotatable bonds is 3. The molecule has 5 nitrogen and oxygen atoms in total. The van der Waals surface area contributed by atoms with Crippen LogP contribution in [-0.4, -0.2) is 33.0 Å². The Balaban J connectivity index is 2.02. The number of aryl methyl sites for hydroxylation is 2.